The SMILES string of the molecule is CCn1nc(-c2cccc(-c3ccc(S(C)(=O)=O)cc3)c2)cc(NC(=O)Nc2c(Cl)cncc2Cl)c1=O. The van der Waals surface area contributed by atoms with Crippen molar-refractivity contribution in [1.82, 2.24) is 14.8 Å². The van der Waals surface area contributed by atoms with E-state index in [1.165, 1.54) is 23.1 Å². The lowest BCUT2D eigenvalue weighted by molar-refractivity contribution is 0.262. The third-order valence-corrected chi connectivity index (χ3v) is 7.09. The quantitative estimate of drug-likeness (QED) is 0.329. The van der Waals surface area contributed by atoms with Crippen molar-refractivity contribution in [3.8, 4) is 22.4 Å². The van der Waals surface area contributed by atoms with Gasteiger partial charge in [0, 0.05) is 30.8 Å². The predicted molar refractivity (Wildman–Crippen MR) is 145 cm³/mol. The Hall–Kier alpha value is -3.73. The van der Waals surface area contributed by atoms with Crippen LogP contribution < -0.4 is 16.2 Å². The molecule has 0 bridgehead atoms. The molecule has 12 heteroatoms. The van der Waals surface area contributed by atoms with Crippen LogP contribution in [0.5, 0.6) is 0 Å². The Kier molecular flexibility index (Phi) is 7.63. The lowest BCUT2D eigenvalue weighted by atomic mass is 10.0. The highest BCUT2D eigenvalue weighted by Crippen LogP contribution is 2.29. The van der Waals surface area contributed by atoms with Gasteiger partial charge in [-0.25, -0.2) is 17.9 Å². The van der Waals surface area contributed by atoms with Crippen LogP contribution in [0.4, 0.5) is 16.2 Å². The average Bonchev–Trinajstić information content (AvgIpc) is 2.87. The molecule has 2 N–H and O–H groups in total. The summed E-state index contributed by atoms with van der Waals surface area (Å²) >= 11 is 12.1. The fourth-order valence-electron chi connectivity index (χ4n) is 3.54. The zero-order valence-corrected chi connectivity index (χ0v) is 22.0. The standard InChI is InChI=1S/C25H21Cl2N5O4S/c1-3-32-24(33)22(29-25(34)30-23-19(26)13-28-14-20(23)27)12-21(31-32)17-6-4-5-16(11-17)15-7-9-18(10-8-15)37(2,35)36/h4-14H,3H2,1-2H3,(H2,28,29,30,34). The van der Waals surface area contributed by atoms with Gasteiger partial charge in [0.2, 0.25) is 0 Å². The maximum Gasteiger partial charge on any atom is 0.323 e. The Morgan fingerprint density at radius 2 is 1.59 bits per heavy atom. The van der Waals surface area contributed by atoms with E-state index < -0.39 is 21.4 Å². The van der Waals surface area contributed by atoms with Crippen molar-refractivity contribution in [3.05, 3.63) is 87.4 Å². The average molecular weight is 558 g/mol. The third kappa shape index (κ3) is 5.99. The lowest BCUT2D eigenvalue weighted by Gasteiger charge is -2.13. The molecule has 0 aliphatic rings. The number of carbonyl (C=O) groups is 1. The van der Waals surface area contributed by atoms with Crippen LogP contribution >= 0.6 is 23.2 Å². The number of aryl methyl sites for hydroxylation is 1. The Labute approximate surface area is 223 Å². The molecule has 2 heterocycles. The summed E-state index contributed by atoms with van der Waals surface area (Å²) in [5.74, 6) is 0. The number of benzene rings is 2. The van der Waals surface area contributed by atoms with Gasteiger partial charge in [0.25, 0.3) is 5.56 Å². The highest BCUT2D eigenvalue weighted by molar-refractivity contribution is 7.90. The van der Waals surface area contributed by atoms with Crippen molar-refractivity contribution >= 4 is 50.4 Å². The molecular formula is C25H21Cl2N5O4S. The second kappa shape index (κ2) is 10.7. The number of anilines is 2. The van der Waals surface area contributed by atoms with Gasteiger partial charge in [0.05, 0.1) is 26.3 Å². The number of nitrogens with one attached hydrogen (secondary N) is 2. The highest BCUT2D eigenvalue weighted by atomic mass is 35.5. The molecule has 0 radical (unpaired) electrons. The molecule has 4 rings (SSSR count). The third-order valence-electron chi connectivity index (χ3n) is 5.39. The van der Waals surface area contributed by atoms with Crippen molar-refractivity contribution in [2.45, 2.75) is 18.4 Å². The topological polar surface area (TPSA) is 123 Å². The smallest absolute Gasteiger partial charge is 0.305 e. The molecule has 190 valence electrons. The van der Waals surface area contributed by atoms with Gasteiger partial charge in [-0.1, -0.05) is 53.5 Å². The second-order valence-electron chi connectivity index (χ2n) is 8.00. The Morgan fingerprint density at radius 3 is 2.22 bits per heavy atom. The first-order valence-electron chi connectivity index (χ1n) is 11.0. The molecule has 37 heavy (non-hydrogen) atoms. The number of urea groups is 1. The molecule has 0 saturated carbocycles. The number of hydrogen-bond acceptors (Lipinski definition) is 6. The maximum absolute atomic E-state index is 12.9. The molecule has 0 unspecified atom stereocenters. The Bertz CT molecular complexity index is 1630. The summed E-state index contributed by atoms with van der Waals surface area (Å²) in [6, 6.07) is 14.7. The number of halogens is 2. The van der Waals surface area contributed by atoms with Crippen molar-refractivity contribution < 1.29 is 13.2 Å². The van der Waals surface area contributed by atoms with Crippen LogP contribution in [-0.2, 0) is 16.4 Å². The summed E-state index contributed by atoms with van der Waals surface area (Å²) < 4.78 is 24.8. The number of nitrogens with zero attached hydrogens (tertiary/aromatic N) is 3. The molecule has 0 fully saturated rings. The first kappa shape index (κ1) is 26.3. The summed E-state index contributed by atoms with van der Waals surface area (Å²) in [6.45, 7) is 2.04. The van der Waals surface area contributed by atoms with Crippen LogP contribution in [0.1, 0.15) is 6.92 Å². The monoisotopic (exact) mass is 557 g/mol. The van der Waals surface area contributed by atoms with Crippen LogP contribution in [-0.4, -0.2) is 35.5 Å². The van der Waals surface area contributed by atoms with E-state index in [9.17, 15) is 18.0 Å². The van der Waals surface area contributed by atoms with E-state index in [2.05, 4.69) is 20.7 Å². The highest BCUT2D eigenvalue weighted by Gasteiger charge is 2.15. The van der Waals surface area contributed by atoms with Gasteiger partial charge in [-0.05, 0) is 42.3 Å². The van der Waals surface area contributed by atoms with E-state index in [1.807, 2.05) is 24.3 Å². The molecule has 4 aromatic rings. The summed E-state index contributed by atoms with van der Waals surface area (Å²) in [7, 11) is -3.30. The number of carbonyl (C=O) groups excluding carboxylic acids is 1. The summed E-state index contributed by atoms with van der Waals surface area (Å²) in [6.07, 6.45) is 3.82. The van der Waals surface area contributed by atoms with Gasteiger partial charge >= 0.3 is 6.03 Å². The number of rotatable bonds is 6. The van der Waals surface area contributed by atoms with Crippen LogP contribution in [0.2, 0.25) is 10.0 Å². The van der Waals surface area contributed by atoms with Gasteiger partial charge in [0.1, 0.15) is 5.69 Å². The molecule has 0 aliphatic carbocycles. The van der Waals surface area contributed by atoms with Crippen LogP contribution in [0, 0.1) is 0 Å². The first-order chi connectivity index (χ1) is 17.6. The van der Waals surface area contributed by atoms with Crippen molar-refractivity contribution in [2.75, 3.05) is 16.9 Å². The minimum Gasteiger partial charge on any atom is -0.305 e. The molecule has 2 aromatic carbocycles. The van der Waals surface area contributed by atoms with E-state index in [0.29, 0.717) is 11.3 Å². The summed E-state index contributed by atoms with van der Waals surface area (Å²) in [5, 5.41) is 9.79. The lowest BCUT2D eigenvalue weighted by Crippen LogP contribution is -2.29. The van der Waals surface area contributed by atoms with Gasteiger partial charge < -0.3 is 10.6 Å². The molecule has 0 spiro atoms. The number of aromatic nitrogens is 3. The minimum absolute atomic E-state index is 0.00793. The van der Waals surface area contributed by atoms with E-state index in [4.69, 9.17) is 23.2 Å². The number of hydrogen-bond donors (Lipinski definition) is 2. The number of pyridine rings is 1. The van der Waals surface area contributed by atoms with Crippen molar-refractivity contribution in [2.24, 2.45) is 0 Å². The van der Waals surface area contributed by atoms with Crippen LogP contribution in [0.25, 0.3) is 22.4 Å². The summed E-state index contributed by atoms with van der Waals surface area (Å²) in [4.78, 5) is 29.6. The fraction of sp³-hybridized carbons (Fsp3) is 0.120. The minimum atomic E-state index is -3.30. The Balaban J connectivity index is 1.66. The van der Waals surface area contributed by atoms with Gasteiger partial charge in [-0.3, -0.25) is 9.78 Å². The Morgan fingerprint density at radius 1 is 0.946 bits per heavy atom. The molecule has 9 nitrogen and oxygen atoms in total. The van der Waals surface area contributed by atoms with E-state index in [0.717, 1.165) is 17.4 Å². The van der Waals surface area contributed by atoms with Crippen molar-refractivity contribution in [1.29, 1.82) is 0 Å². The van der Waals surface area contributed by atoms with Crippen LogP contribution in [0.3, 0.4) is 0 Å². The largest absolute Gasteiger partial charge is 0.323 e. The van der Waals surface area contributed by atoms with E-state index in [1.54, 1.807) is 31.2 Å². The first-order valence-corrected chi connectivity index (χ1v) is 13.6. The van der Waals surface area contributed by atoms with Gasteiger partial charge in [-0.2, -0.15) is 5.10 Å². The van der Waals surface area contributed by atoms with Gasteiger partial charge in [0.15, 0.2) is 9.84 Å². The van der Waals surface area contributed by atoms with Gasteiger partial charge in [-0.15, -0.1) is 0 Å². The normalized spacial score (nSPS) is 11.2. The van der Waals surface area contributed by atoms with Crippen molar-refractivity contribution in [3.63, 3.8) is 0 Å². The summed E-state index contributed by atoms with van der Waals surface area (Å²) in [5.41, 5.74) is 2.46. The zero-order valence-electron chi connectivity index (χ0n) is 19.7. The van der Waals surface area contributed by atoms with E-state index >= 15 is 0 Å². The van der Waals surface area contributed by atoms with Crippen LogP contribution in [0.15, 0.2) is 76.7 Å². The van der Waals surface area contributed by atoms with E-state index in [-0.39, 0.29) is 32.9 Å². The number of amides is 2. The molecule has 2 aromatic heterocycles. The maximum atomic E-state index is 12.9. The molecular weight excluding hydrogens is 537 g/mol. The molecule has 2 amide bonds. The molecule has 0 saturated heterocycles. The zero-order chi connectivity index (χ0) is 26.7. The number of sulfone groups is 1. The fourth-order valence-corrected chi connectivity index (χ4v) is 4.63. The predicted octanol–water partition coefficient (Wildman–Crippen LogP) is 5.35. The molecule has 0 aliphatic heterocycles. The molecule has 0 atom stereocenters. The second-order valence-corrected chi connectivity index (χ2v) is 10.8.